The molecular formula is C15H25N3O2. The average Bonchev–Trinajstić information content (AvgIpc) is 2.47. The Morgan fingerprint density at radius 1 is 1.45 bits per heavy atom. The Bertz CT molecular complexity index is 417. The van der Waals surface area contributed by atoms with E-state index in [0.29, 0.717) is 25.0 Å². The van der Waals surface area contributed by atoms with Crippen molar-refractivity contribution in [2.45, 2.75) is 51.6 Å². The van der Waals surface area contributed by atoms with Crippen molar-refractivity contribution in [3.8, 4) is 5.88 Å². The molecule has 0 spiro atoms. The Hall–Kier alpha value is -1.36. The van der Waals surface area contributed by atoms with Gasteiger partial charge in [-0.3, -0.25) is 0 Å². The van der Waals surface area contributed by atoms with E-state index in [1.54, 1.807) is 12.3 Å². The lowest BCUT2D eigenvalue weighted by atomic mass is 9.79. The molecule has 1 aromatic rings. The molecule has 20 heavy (non-hydrogen) atoms. The highest BCUT2D eigenvalue weighted by Gasteiger charge is 2.31. The zero-order valence-corrected chi connectivity index (χ0v) is 12.4. The van der Waals surface area contributed by atoms with E-state index >= 15 is 0 Å². The summed E-state index contributed by atoms with van der Waals surface area (Å²) in [5, 5.41) is 13.6. The average molecular weight is 279 g/mol. The molecule has 1 aromatic heterocycles. The highest BCUT2D eigenvalue weighted by Crippen LogP contribution is 2.31. The monoisotopic (exact) mass is 279 g/mol. The Balaban J connectivity index is 1.87. The zero-order valence-electron chi connectivity index (χ0n) is 12.4. The fraction of sp³-hybridized carbons (Fsp3) is 0.733. The van der Waals surface area contributed by atoms with E-state index < -0.39 is 5.60 Å². The van der Waals surface area contributed by atoms with Gasteiger partial charge in [-0.15, -0.1) is 0 Å². The summed E-state index contributed by atoms with van der Waals surface area (Å²) in [6.07, 6.45) is 6.47. The molecule has 0 unspecified atom stereocenters. The van der Waals surface area contributed by atoms with Crippen LogP contribution in [0.15, 0.2) is 12.3 Å². The van der Waals surface area contributed by atoms with Crippen LogP contribution in [0.1, 0.15) is 46.0 Å². The van der Waals surface area contributed by atoms with Gasteiger partial charge in [0.2, 0.25) is 11.8 Å². The highest BCUT2D eigenvalue weighted by molar-refractivity contribution is 5.28. The molecule has 112 valence electrons. The Morgan fingerprint density at radius 3 is 2.90 bits per heavy atom. The van der Waals surface area contributed by atoms with Gasteiger partial charge in [0.15, 0.2) is 0 Å². The van der Waals surface area contributed by atoms with Crippen molar-refractivity contribution in [2.24, 2.45) is 5.92 Å². The molecule has 0 saturated heterocycles. The van der Waals surface area contributed by atoms with Crippen LogP contribution in [0.25, 0.3) is 0 Å². The van der Waals surface area contributed by atoms with Crippen LogP contribution >= 0.6 is 0 Å². The third-order valence-corrected chi connectivity index (χ3v) is 3.86. The lowest BCUT2D eigenvalue weighted by Crippen LogP contribution is -2.40. The van der Waals surface area contributed by atoms with Crippen molar-refractivity contribution in [1.29, 1.82) is 0 Å². The number of nitrogens with zero attached hydrogens (tertiary/aromatic N) is 2. The van der Waals surface area contributed by atoms with Crippen LogP contribution in [0.5, 0.6) is 5.88 Å². The number of aliphatic hydroxyl groups is 1. The van der Waals surface area contributed by atoms with Gasteiger partial charge in [0, 0.05) is 18.8 Å². The van der Waals surface area contributed by atoms with E-state index in [0.717, 1.165) is 38.0 Å². The third-order valence-electron chi connectivity index (χ3n) is 3.86. The quantitative estimate of drug-likeness (QED) is 0.838. The first-order valence-electron chi connectivity index (χ1n) is 7.53. The van der Waals surface area contributed by atoms with Crippen molar-refractivity contribution in [2.75, 3.05) is 18.5 Å². The minimum Gasteiger partial charge on any atom is -0.478 e. The molecule has 0 atom stereocenters. The second kappa shape index (κ2) is 6.88. The lowest BCUT2D eigenvalue weighted by Gasteiger charge is -2.34. The first kappa shape index (κ1) is 15.0. The van der Waals surface area contributed by atoms with Gasteiger partial charge >= 0.3 is 0 Å². The summed E-state index contributed by atoms with van der Waals surface area (Å²) in [6, 6.07) is 1.75. The summed E-state index contributed by atoms with van der Waals surface area (Å²) < 4.78 is 5.47. The second-order valence-electron chi connectivity index (χ2n) is 5.83. The molecule has 0 aliphatic heterocycles. The largest absolute Gasteiger partial charge is 0.478 e. The highest BCUT2D eigenvalue weighted by atomic mass is 16.5. The summed E-state index contributed by atoms with van der Waals surface area (Å²) >= 11 is 0. The number of ether oxygens (including phenoxy) is 1. The molecule has 1 fully saturated rings. The Labute approximate surface area is 120 Å². The Kier molecular flexibility index (Phi) is 5.17. The Morgan fingerprint density at radius 2 is 2.20 bits per heavy atom. The summed E-state index contributed by atoms with van der Waals surface area (Å²) in [7, 11) is 0. The van der Waals surface area contributed by atoms with Gasteiger partial charge in [0.25, 0.3) is 0 Å². The maximum absolute atomic E-state index is 10.5. The fourth-order valence-corrected chi connectivity index (χ4v) is 2.43. The molecule has 5 nitrogen and oxygen atoms in total. The molecule has 0 bridgehead atoms. The van der Waals surface area contributed by atoms with Crippen molar-refractivity contribution >= 4 is 5.95 Å². The summed E-state index contributed by atoms with van der Waals surface area (Å²) in [4.78, 5) is 8.45. The zero-order chi connectivity index (χ0) is 14.4. The third kappa shape index (κ3) is 4.34. The summed E-state index contributed by atoms with van der Waals surface area (Å²) in [5.41, 5.74) is -0.629. The minimum atomic E-state index is -0.629. The molecule has 2 N–H and O–H groups in total. The molecule has 5 heteroatoms. The van der Waals surface area contributed by atoms with E-state index in [2.05, 4.69) is 29.1 Å². The number of hydrogen-bond donors (Lipinski definition) is 2. The maximum atomic E-state index is 10.5. The van der Waals surface area contributed by atoms with Crippen LogP contribution in [-0.4, -0.2) is 33.8 Å². The number of aromatic nitrogens is 2. The maximum Gasteiger partial charge on any atom is 0.226 e. The summed E-state index contributed by atoms with van der Waals surface area (Å²) in [5.74, 6) is 1.82. The first-order chi connectivity index (χ1) is 9.61. The first-order valence-corrected chi connectivity index (χ1v) is 7.53. The molecule has 1 aliphatic carbocycles. The van der Waals surface area contributed by atoms with E-state index in [1.165, 1.54) is 0 Å². The van der Waals surface area contributed by atoms with Crippen molar-refractivity contribution in [3.63, 3.8) is 0 Å². The molecule has 0 amide bonds. The van der Waals surface area contributed by atoms with Gasteiger partial charge in [0.05, 0.1) is 12.2 Å². The van der Waals surface area contributed by atoms with Crippen LogP contribution < -0.4 is 10.1 Å². The van der Waals surface area contributed by atoms with Gasteiger partial charge in [-0.25, -0.2) is 4.98 Å². The van der Waals surface area contributed by atoms with Gasteiger partial charge in [-0.2, -0.15) is 4.98 Å². The molecule has 2 rings (SSSR count). The SMILES string of the molecule is CCCOc1ccnc(NCC2(O)CCC(C)CC2)n1. The number of anilines is 1. The van der Waals surface area contributed by atoms with Crippen molar-refractivity contribution < 1.29 is 9.84 Å². The van der Waals surface area contributed by atoms with Crippen LogP contribution in [0.2, 0.25) is 0 Å². The molecule has 1 heterocycles. The van der Waals surface area contributed by atoms with Crippen LogP contribution in [0, 0.1) is 5.92 Å². The topological polar surface area (TPSA) is 67.3 Å². The number of nitrogens with one attached hydrogen (secondary N) is 1. The number of rotatable bonds is 6. The van der Waals surface area contributed by atoms with Gasteiger partial charge in [0.1, 0.15) is 0 Å². The van der Waals surface area contributed by atoms with Gasteiger partial charge < -0.3 is 15.2 Å². The molecular weight excluding hydrogens is 254 g/mol. The van der Waals surface area contributed by atoms with Crippen LogP contribution in [0.3, 0.4) is 0 Å². The van der Waals surface area contributed by atoms with Crippen molar-refractivity contribution in [1.82, 2.24) is 9.97 Å². The van der Waals surface area contributed by atoms with E-state index in [4.69, 9.17) is 4.74 Å². The molecule has 0 aromatic carbocycles. The number of hydrogen-bond acceptors (Lipinski definition) is 5. The smallest absolute Gasteiger partial charge is 0.226 e. The predicted octanol–water partition coefficient (Wildman–Crippen LogP) is 2.62. The van der Waals surface area contributed by atoms with Crippen LogP contribution in [0.4, 0.5) is 5.95 Å². The normalized spacial score (nSPS) is 26.2. The molecule has 1 aliphatic rings. The summed E-state index contributed by atoms with van der Waals surface area (Å²) in [6.45, 7) is 5.44. The minimum absolute atomic E-state index is 0.497. The van der Waals surface area contributed by atoms with Crippen LogP contribution in [-0.2, 0) is 0 Å². The molecule has 1 saturated carbocycles. The lowest BCUT2D eigenvalue weighted by molar-refractivity contribution is 0.00486. The second-order valence-corrected chi connectivity index (χ2v) is 5.83. The van der Waals surface area contributed by atoms with E-state index in [9.17, 15) is 5.11 Å². The van der Waals surface area contributed by atoms with Gasteiger partial charge in [-0.1, -0.05) is 13.8 Å². The molecule has 0 radical (unpaired) electrons. The van der Waals surface area contributed by atoms with Crippen molar-refractivity contribution in [3.05, 3.63) is 12.3 Å². The van der Waals surface area contributed by atoms with E-state index in [-0.39, 0.29) is 0 Å². The van der Waals surface area contributed by atoms with Gasteiger partial charge in [-0.05, 0) is 38.0 Å². The predicted molar refractivity (Wildman–Crippen MR) is 78.9 cm³/mol. The van der Waals surface area contributed by atoms with E-state index in [1.807, 2.05) is 0 Å². The standard InChI is InChI=1S/C15H25N3O2/c1-3-10-20-13-6-9-16-14(18-13)17-11-15(19)7-4-12(2)5-8-15/h6,9,12,19H,3-5,7-8,10-11H2,1-2H3,(H,16,17,18). The fourth-order valence-electron chi connectivity index (χ4n) is 2.43.